The summed E-state index contributed by atoms with van der Waals surface area (Å²) in [6.45, 7) is 0. The minimum absolute atomic E-state index is 0.0645. The lowest BCUT2D eigenvalue weighted by Crippen LogP contribution is -2.18. The first kappa shape index (κ1) is 13.6. The maximum Gasteiger partial charge on any atom is 0.311 e. The van der Waals surface area contributed by atoms with Crippen LogP contribution in [-0.2, 0) is 21.8 Å². The number of nitrogens with one attached hydrogen (secondary N) is 1. The van der Waals surface area contributed by atoms with Crippen molar-refractivity contribution in [2.45, 2.75) is 18.7 Å². The Morgan fingerprint density at radius 1 is 1.59 bits per heavy atom. The zero-order valence-corrected chi connectivity index (χ0v) is 9.68. The van der Waals surface area contributed by atoms with Crippen molar-refractivity contribution in [1.29, 1.82) is 0 Å². The van der Waals surface area contributed by atoms with Gasteiger partial charge in [-0.25, -0.2) is 8.78 Å². The van der Waals surface area contributed by atoms with Gasteiger partial charge in [-0.15, -0.1) is 11.6 Å². The smallest absolute Gasteiger partial charge is 0.311 e. The number of rotatable bonds is 4. The Labute approximate surface area is 101 Å². The van der Waals surface area contributed by atoms with Crippen LogP contribution < -0.4 is 5.43 Å². The van der Waals surface area contributed by atoms with Crippen LogP contribution in [0, 0.1) is 0 Å². The zero-order valence-electron chi connectivity index (χ0n) is 8.93. The largest absolute Gasteiger partial charge is 0.469 e. The summed E-state index contributed by atoms with van der Waals surface area (Å²) in [7, 11) is 1.16. The predicted octanol–water partition coefficient (Wildman–Crippen LogP) is 1.77. The first-order valence-electron chi connectivity index (χ1n) is 4.65. The maximum absolute atomic E-state index is 12.5. The standard InChI is InChI=1S/C10H10ClF2NO3/c1-17-9(16)3-6-5(4-11)8(15)2-7(14-6)10(12)13/h2,10H,3-4H2,1H3,(H,14,15). The van der Waals surface area contributed by atoms with Gasteiger partial charge in [0.1, 0.15) is 0 Å². The second-order valence-corrected chi connectivity index (χ2v) is 3.50. The second kappa shape index (κ2) is 5.77. The molecule has 0 bridgehead atoms. The third-order valence-electron chi connectivity index (χ3n) is 2.16. The molecule has 0 fully saturated rings. The molecule has 0 saturated carbocycles. The molecular formula is C10H10ClF2NO3. The molecule has 0 saturated heterocycles. The average Bonchev–Trinajstić information content (AvgIpc) is 2.28. The van der Waals surface area contributed by atoms with Gasteiger partial charge in [0.05, 0.1) is 25.1 Å². The van der Waals surface area contributed by atoms with Gasteiger partial charge in [0.2, 0.25) is 0 Å². The van der Waals surface area contributed by atoms with Gasteiger partial charge in [0.15, 0.2) is 5.43 Å². The van der Waals surface area contributed by atoms with Crippen molar-refractivity contribution in [2.24, 2.45) is 0 Å². The third kappa shape index (κ3) is 3.26. The van der Waals surface area contributed by atoms with Crippen LogP contribution in [0.2, 0.25) is 0 Å². The molecule has 1 aromatic heterocycles. The van der Waals surface area contributed by atoms with Crippen molar-refractivity contribution >= 4 is 17.6 Å². The zero-order chi connectivity index (χ0) is 13.0. The molecule has 17 heavy (non-hydrogen) atoms. The van der Waals surface area contributed by atoms with Crippen LogP contribution in [0.5, 0.6) is 0 Å². The Hall–Kier alpha value is -1.43. The van der Waals surface area contributed by atoms with Gasteiger partial charge in [0, 0.05) is 17.3 Å². The number of hydrogen-bond acceptors (Lipinski definition) is 3. The number of carbonyl (C=O) groups is 1. The van der Waals surface area contributed by atoms with E-state index in [0.717, 1.165) is 13.2 Å². The van der Waals surface area contributed by atoms with Crippen molar-refractivity contribution in [2.75, 3.05) is 7.11 Å². The average molecular weight is 266 g/mol. The van der Waals surface area contributed by atoms with Crippen LogP contribution in [0.25, 0.3) is 0 Å². The van der Waals surface area contributed by atoms with Crippen LogP contribution in [0.3, 0.4) is 0 Å². The number of halogens is 3. The quantitative estimate of drug-likeness (QED) is 0.667. The Morgan fingerprint density at radius 3 is 2.71 bits per heavy atom. The molecule has 0 aromatic carbocycles. The van der Waals surface area contributed by atoms with E-state index < -0.39 is 23.5 Å². The van der Waals surface area contributed by atoms with E-state index in [2.05, 4.69) is 9.72 Å². The van der Waals surface area contributed by atoms with Crippen molar-refractivity contribution in [3.05, 3.63) is 33.2 Å². The molecule has 1 aromatic rings. The van der Waals surface area contributed by atoms with Gasteiger partial charge in [-0.2, -0.15) is 0 Å². The highest BCUT2D eigenvalue weighted by atomic mass is 35.5. The molecule has 0 amide bonds. The van der Waals surface area contributed by atoms with Gasteiger partial charge in [-0.05, 0) is 0 Å². The van der Waals surface area contributed by atoms with Crippen molar-refractivity contribution in [3.8, 4) is 0 Å². The molecular weight excluding hydrogens is 256 g/mol. The summed E-state index contributed by atoms with van der Waals surface area (Å²) in [4.78, 5) is 24.9. The minimum atomic E-state index is -2.82. The summed E-state index contributed by atoms with van der Waals surface area (Å²) < 4.78 is 29.3. The monoisotopic (exact) mass is 265 g/mol. The van der Waals surface area contributed by atoms with Crippen molar-refractivity contribution in [3.63, 3.8) is 0 Å². The Bertz CT molecular complexity index is 473. The molecule has 0 aliphatic heterocycles. The van der Waals surface area contributed by atoms with Gasteiger partial charge in [0.25, 0.3) is 6.43 Å². The summed E-state index contributed by atoms with van der Waals surface area (Å²) in [5, 5.41) is 0. The van der Waals surface area contributed by atoms with Crippen LogP contribution in [-0.4, -0.2) is 18.1 Å². The molecule has 0 unspecified atom stereocenters. The first-order chi connectivity index (χ1) is 7.99. The summed E-state index contributed by atoms with van der Waals surface area (Å²) in [5.41, 5.74) is -0.994. The van der Waals surface area contributed by atoms with Crippen LogP contribution in [0.15, 0.2) is 10.9 Å². The molecule has 1 heterocycles. The molecule has 0 atom stereocenters. The predicted molar refractivity (Wildman–Crippen MR) is 57.3 cm³/mol. The molecule has 0 spiro atoms. The number of methoxy groups -OCH3 is 1. The van der Waals surface area contributed by atoms with Crippen molar-refractivity contribution < 1.29 is 18.3 Å². The number of pyridine rings is 1. The van der Waals surface area contributed by atoms with Gasteiger partial charge in [-0.1, -0.05) is 0 Å². The summed E-state index contributed by atoms with van der Waals surface area (Å²) >= 11 is 5.54. The van der Waals surface area contributed by atoms with Gasteiger partial charge < -0.3 is 9.72 Å². The normalized spacial score (nSPS) is 10.6. The van der Waals surface area contributed by atoms with E-state index in [4.69, 9.17) is 11.6 Å². The lowest BCUT2D eigenvalue weighted by Gasteiger charge is -2.08. The van der Waals surface area contributed by atoms with Gasteiger partial charge in [-0.3, -0.25) is 9.59 Å². The van der Waals surface area contributed by atoms with Crippen LogP contribution >= 0.6 is 11.6 Å². The van der Waals surface area contributed by atoms with E-state index in [-0.39, 0.29) is 23.6 Å². The number of esters is 1. The number of hydrogen-bond donors (Lipinski definition) is 1. The maximum atomic E-state index is 12.5. The molecule has 7 heteroatoms. The molecule has 0 radical (unpaired) electrons. The molecule has 4 nitrogen and oxygen atoms in total. The summed E-state index contributed by atoms with van der Waals surface area (Å²) in [5.74, 6) is -0.802. The Balaban J connectivity index is 3.24. The molecule has 0 aliphatic rings. The van der Waals surface area contributed by atoms with Crippen molar-refractivity contribution in [1.82, 2.24) is 4.98 Å². The number of aromatic amines is 1. The van der Waals surface area contributed by atoms with Crippen LogP contribution in [0.1, 0.15) is 23.4 Å². The molecule has 0 aliphatic carbocycles. The van der Waals surface area contributed by atoms with E-state index >= 15 is 0 Å². The van der Waals surface area contributed by atoms with Gasteiger partial charge >= 0.3 is 5.97 Å². The number of aromatic nitrogens is 1. The second-order valence-electron chi connectivity index (χ2n) is 3.23. The topological polar surface area (TPSA) is 59.2 Å². The van der Waals surface area contributed by atoms with E-state index in [1.807, 2.05) is 0 Å². The molecule has 1 rings (SSSR count). The van der Waals surface area contributed by atoms with E-state index in [0.29, 0.717) is 0 Å². The van der Waals surface area contributed by atoms with Crippen LogP contribution in [0.4, 0.5) is 8.78 Å². The fraction of sp³-hybridized carbons (Fsp3) is 0.400. The van der Waals surface area contributed by atoms with E-state index in [9.17, 15) is 18.4 Å². The minimum Gasteiger partial charge on any atom is -0.469 e. The number of H-pyrrole nitrogens is 1. The highest BCUT2D eigenvalue weighted by molar-refractivity contribution is 6.17. The highest BCUT2D eigenvalue weighted by Crippen LogP contribution is 2.17. The number of carbonyl (C=O) groups excluding carboxylic acids is 1. The third-order valence-corrected chi connectivity index (χ3v) is 2.43. The summed E-state index contributed by atoms with van der Waals surface area (Å²) in [6.07, 6.45) is -3.11. The fourth-order valence-corrected chi connectivity index (χ4v) is 1.59. The molecule has 94 valence electrons. The first-order valence-corrected chi connectivity index (χ1v) is 5.19. The highest BCUT2D eigenvalue weighted by Gasteiger charge is 2.16. The number of ether oxygens (including phenoxy) is 1. The summed E-state index contributed by atoms with van der Waals surface area (Å²) in [6, 6.07) is 0.781. The lowest BCUT2D eigenvalue weighted by atomic mass is 10.1. The SMILES string of the molecule is COC(=O)Cc1[nH]c(C(F)F)cc(=O)c1CCl. The van der Waals surface area contributed by atoms with E-state index in [1.54, 1.807) is 0 Å². The van der Waals surface area contributed by atoms with E-state index in [1.165, 1.54) is 0 Å². The lowest BCUT2D eigenvalue weighted by molar-refractivity contribution is -0.139. The Kier molecular flexibility index (Phi) is 4.62. The molecule has 1 N–H and O–H groups in total. The Morgan fingerprint density at radius 2 is 2.24 bits per heavy atom. The number of alkyl halides is 3. The fourth-order valence-electron chi connectivity index (χ4n) is 1.29.